The average molecular weight is 682 g/mol. The molecule has 9 heteroatoms. The van der Waals surface area contributed by atoms with Crippen LogP contribution in [0.4, 0.5) is 5.69 Å². The number of aromatic hydroxyl groups is 2. The number of carbonyl (C=O) groups excluding carboxylic acids is 4. The third kappa shape index (κ3) is 5.05. The van der Waals surface area contributed by atoms with E-state index in [1.54, 1.807) is 37.3 Å². The molecule has 9 nitrogen and oxygen atoms in total. The number of aryl methyl sites for hydroxylation is 2. The van der Waals surface area contributed by atoms with Crippen molar-refractivity contribution in [2.45, 2.75) is 44.4 Å². The number of carbonyl (C=O) groups is 4. The SMILES string of the molecule is Cc1ccc(NN2C(=O)C3CC4C(=CCC5C(=O)N(CCc6ccc(O)cc6)C(=O)C54)C(c4ccc(O)c(C)c4)C3(c3ccccc3)C2=O)cc1. The van der Waals surface area contributed by atoms with E-state index >= 15 is 4.79 Å². The summed E-state index contributed by atoms with van der Waals surface area (Å²) in [7, 11) is 0. The lowest BCUT2D eigenvalue weighted by atomic mass is 9.49. The Labute approximate surface area is 296 Å². The van der Waals surface area contributed by atoms with E-state index in [9.17, 15) is 24.6 Å². The van der Waals surface area contributed by atoms with Crippen molar-refractivity contribution < 1.29 is 29.4 Å². The van der Waals surface area contributed by atoms with E-state index in [4.69, 9.17) is 0 Å². The minimum atomic E-state index is -1.36. The van der Waals surface area contributed by atoms with Crippen LogP contribution in [0.2, 0.25) is 0 Å². The van der Waals surface area contributed by atoms with E-state index in [2.05, 4.69) is 5.43 Å². The molecule has 4 aromatic rings. The molecule has 1 saturated carbocycles. The molecule has 2 aliphatic heterocycles. The number of hydrazine groups is 1. The summed E-state index contributed by atoms with van der Waals surface area (Å²) in [6.07, 6.45) is 3.05. The summed E-state index contributed by atoms with van der Waals surface area (Å²) in [6.45, 7) is 3.97. The maximum absolute atomic E-state index is 15.2. The van der Waals surface area contributed by atoms with Gasteiger partial charge in [-0.1, -0.05) is 83.9 Å². The highest BCUT2D eigenvalue weighted by Gasteiger charge is 2.70. The second kappa shape index (κ2) is 12.3. The van der Waals surface area contributed by atoms with Crippen LogP contribution in [0.5, 0.6) is 11.5 Å². The zero-order chi connectivity index (χ0) is 35.6. The summed E-state index contributed by atoms with van der Waals surface area (Å²) in [6, 6.07) is 28.9. The first kappa shape index (κ1) is 32.5. The third-order valence-corrected chi connectivity index (χ3v) is 11.6. The molecular weight excluding hydrogens is 642 g/mol. The van der Waals surface area contributed by atoms with Crippen LogP contribution in [0, 0.1) is 37.5 Å². The molecule has 0 bridgehead atoms. The number of hydrogen-bond donors (Lipinski definition) is 3. The van der Waals surface area contributed by atoms with E-state index in [-0.39, 0.29) is 48.1 Å². The van der Waals surface area contributed by atoms with E-state index in [0.29, 0.717) is 29.7 Å². The molecular formula is C42H39N3O6. The highest BCUT2D eigenvalue weighted by atomic mass is 16.3. The average Bonchev–Trinajstić information content (AvgIpc) is 3.51. The van der Waals surface area contributed by atoms with Gasteiger partial charge in [0.2, 0.25) is 11.8 Å². The molecule has 0 spiro atoms. The second-order valence-corrected chi connectivity index (χ2v) is 14.4. The second-order valence-electron chi connectivity index (χ2n) is 14.4. The van der Waals surface area contributed by atoms with Crippen LogP contribution in [-0.2, 0) is 31.0 Å². The van der Waals surface area contributed by atoms with Crippen molar-refractivity contribution in [2.75, 3.05) is 12.0 Å². The van der Waals surface area contributed by atoms with Gasteiger partial charge in [0.1, 0.15) is 11.5 Å². The fourth-order valence-corrected chi connectivity index (χ4v) is 9.17. The quantitative estimate of drug-likeness (QED) is 0.163. The zero-order valence-electron chi connectivity index (χ0n) is 28.5. The van der Waals surface area contributed by atoms with Crippen LogP contribution >= 0.6 is 0 Å². The van der Waals surface area contributed by atoms with Gasteiger partial charge in [-0.3, -0.25) is 29.5 Å². The number of rotatable bonds is 7. The molecule has 51 heavy (non-hydrogen) atoms. The number of benzene rings is 4. The number of allylic oxidation sites excluding steroid dienone is 2. The summed E-state index contributed by atoms with van der Waals surface area (Å²) in [5, 5.41) is 21.4. The smallest absolute Gasteiger partial charge is 0.260 e. The Bertz CT molecular complexity index is 2090. The van der Waals surface area contributed by atoms with Gasteiger partial charge in [0, 0.05) is 12.5 Å². The molecule has 3 fully saturated rings. The summed E-state index contributed by atoms with van der Waals surface area (Å²) < 4.78 is 0. The lowest BCUT2D eigenvalue weighted by Gasteiger charge is -2.50. The van der Waals surface area contributed by atoms with E-state index in [0.717, 1.165) is 27.3 Å². The van der Waals surface area contributed by atoms with Gasteiger partial charge in [0.05, 0.1) is 28.9 Å². The first-order valence-electron chi connectivity index (χ1n) is 17.5. The summed E-state index contributed by atoms with van der Waals surface area (Å²) in [5.41, 5.74) is 7.25. The Balaban J connectivity index is 1.25. The monoisotopic (exact) mass is 681 g/mol. The molecule has 3 N–H and O–H groups in total. The molecule has 4 aromatic carbocycles. The first-order valence-corrected chi connectivity index (χ1v) is 17.5. The van der Waals surface area contributed by atoms with Gasteiger partial charge in [-0.05, 0) is 91.6 Å². The number of anilines is 1. The van der Waals surface area contributed by atoms with Crippen molar-refractivity contribution >= 4 is 29.3 Å². The summed E-state index contributed by atoms with van der Waals surface area (Å²) in [5.74, 6) is -4.17. The minimum absolute atomic E-state index is 0.117. The number of amides is 4. The van der Waals surface area contributed by atoms with E-state index < -0.39 is 35.0 Å². The minimum Gasteiger partial charge on any atom is -0.508 e. The molecule has 6 unspecified atom stereocenters. The zero-order valence-corrected chi connectivity index (χ0v) is 28.5. The van der Waals surface area contributed by atoms with Crippen LogP contribution in [0.1, 0.15) is 46.6 Å². The summed E-state index contributed by atoms with van der Waals surface area (Å²) in [4.78, 5) is 59.6. The fraction of sp³-hybridized carbons (Fsp3) is 0.286. The first-order chi connectivity index (χ1) is 24.6. The fourth-order valence-electron chi connectivity index (χ4n) is 9.17. The maximum atomic E-state index is 15.2. The number of imide groups is 2. The third-order valence-electron chi connectivity index (χ3n) is 11.6. The Morgan fingerprint density at radius 2 is 1.53 bits per heavy atom. The van der Waals surface area contributed by atoms with Crippen LogP contribution in [0.15, 0.2) is 109 Å². The molecule has 8 rings (SSSR count). The predicted molar refractivity (Wildman–Crippen MR) is 190 cm³/mol. The van der Waals surface area contributed by atoms with E-state index in [1.807, 2.05) is 79.7 Å². The topological polar surface area (TPSA) is 127 Å². The number of nitrogens with one attached hydrogen (secondary N) is 1. The van der Waals surface area contributed by atoms with Gasteiger partial charge in [0.15, 0.2) is 0 Å². The van der Waals surface area contributed by atoms with Gasteiger partial charge >= 0.3 is 0 Å². The molecule has 0 aromatic heterocycles. The number of hydrogen-bond acceptors (Lipinski definition) is 7. The van der Waals surface area contributed by atoms with Gasteiger partial charge in [-0.15, -0.1) is 0 Å². The standard InChI is InChI=1S/C42H39N3O6/c1-24-8-13-29(14-9-24)43-45-39(49)34-23-33-31(17-18-32-36(33)40(50)44(38(32)48)21-20-26-10-15-30(46)16-11-26)37(27-12-19-35(47)25(2)22-27)42(34,41(45)51)28-6-4-3-5-7-28/h3-17,19,22,32-34,36-37,43,46-47H,18,20-21,23H2,1-2H3. The molecule has 258 valence electrons. The molecule has 2 saturated heterocycles. The van der Waals surface area contributed by atoms with Crippen LogP contribution < -0.4 is 5.43 Å². The number of likely N-dealkylation sites (tertiary alicyclic amines) is 1. The Morgan fingerprint density at radius 1 is 0.804 bits per heavy atom. The predicted octanol–water partition coefficient (Wildman–Crippen LogP) is 5.94. The molecule has 2 heterocycles. The van der Waals surface area contributed by atoms with Crippen LogP contribution in [0.25, 0.3) is 0 Å². The molecule has 4 aliphatic rings. The van der Waals surface area contributed by atoms with Crippen LogP contribution in [0.3, 0.4) is 0 Å². The molecule has 6 atom stereocenters. The number of fused-ring (bicyclic) bond motifs is 4. The number of phenols is 2. The van der Waals surface area contributed by atoms with E-state index in [1.165, 1.54) is 4.90 Å². The van der Waals surface area contributed by atoms with Gasteiger partial charge in [-0.2, -0.15) is 5.01 Å². The van der Waals surface area contributed by atoms with Crippen LogP contribution in [-0.4, -0.2) is 50.3 Å². The highest BCUT2D eigenvalue weighted by Crippen LogP contribution is 2.64. The van der Waals surface area contributed by atoms with Crippen molar-refractivity contribution in [3.05, 3.63) is 137 Å². The molecule has 0 radical (unpaired) electrons. The van der Waals surface area contributed by atoms with Crippen molar-refractivity contribution in [2.24, 2.45) is 23.7 Å². The molecule has 4 amide bonds. The largest absolute Gasteiger partial charge is 0.508 e. The van der Waals surface area contributed by atoms with Crippen molar-refractivity contribution in [3.8, 4) is 11.5 Å². The Hall–Kier alpha value is -5.70. The summed E-state index contributed by atoms with van der Waals surface area (Å²) >= 11 is 0. The van der Waals surface area contributed by atoms with Gasteiger partial charge < -0.3 is 10.2 Å². The number of nitrogens with zero attached hydrogens (tertiary/aromatic N) is 2. The van der Waals surface area contributed by atoms with Crippen molar-refractivity contribution in [1.82, 2.24) is 9.91 Å². The molecule has 2 aliphatic carbocycles. The normalized spacial score (nSPS) is 26.9. The van der Waals surface area contributed by atoms with Crippen molar-refractivity contribution in [1.29, 1.82) is 0 Å². The highest BCUT2D eigenvalue weighted by molar-refractivity contribution is 6.13. The van der Waals surface area contributed by atoms with Gasteiger partial charge in [0.25, 0.3) is 11.8 Å². The van der Waals surface area contributed by atoms with Gasteiger partial charge in [-0.25, -0.2) is 0 Å². The maximum Gasteiger partial charge on any atom is 0.260 e. The lowest BCUT2D eigenvalue weighted by molar-refractivity contribution is -0.141. The number of phenolic OH excluding ortho intramolecular Hbond substituents is 2. The lowest BCUT2D eigenvalue weighted by Crippen LogP contribution is -2.53. The Kier molecular flexibility index (Phi) is 7.81. The Morgan fingerprint density at radius 3 is 2.24 bits per heavy atom. The van der Waals surface area contributed by atoms with Crippen molar-refractivity contribution in [3.63, 3.8) is 0 Å².